The number of nitrogens with zero attached hydrogens (tertiary/aromatic N) is 3. The van der Waals surface area contributed by atoms with Crippen LogP contribution in [0.25, 0.3) is 0 Å². The zero-order chi connectivity index (χ0) is 35.7. The topological polar surface area (TPSA) is 139 Å². The number of nitro benzene ring substituents is 1. The van der Waals surface area contributed by atoms with E-state index in [9.17, 15) is 28.1 Å². The predicted molar refractivity (Wildman–Crippen MR) is 189 cm³/mol. The molecule has 1 N–H and O–H groups in total. The van der Waals surface area contributed by atoms with Gasteiger partial charge in [-0.3, -0.25) is 24.0 Å². The molecule has 4 rings (SSSR count). The fourth-order valence-electron chi connectivity index (χ4n) is 5.37. The zero-order valence-electron chi connectivity index (χ0n) is 27.8. The van der Waals surface area contributed by atoms with Crippen LogP contribution in [0.4, 0.5) is 11.4 Å². The molecule has 11 nitrogen and oxygen atoms in total. The highest BCUT2D eigenvalue weighted by Gasteiger charge is 2.36. The summed E-state index contributed by atoms with van der Waals surface area (Å²) in [6.45, 7) is 4.91. The highest BCUT2D eigenvalue weighted by atomic mass is 35.5. The number of ether oxygens (including phenoxy) is 1. The minimum Gasteiger partial charge on any atom is -0.495 e. The molecule has 0 aliphatic rings. The zero-order valence-corrected chi connectivity index (χ0v) is 29.3. The fraction of sp³-hybridized carbons (Fsp3) is 0.278. The van der Waals surface area contributed by atoms with Crippen LogP contribution in [0.2, 0.25) is 5.02 Å². The number of carbonyl (C=O) groups excluding carboxylic acids is 2. The van der Waals surface area contributed by atoms with Gasteiger partial charge < -0.3 is 15.0 Å². The van der Waals surface area contributed by atoms with E-state index in [2.05, 4.69) is 5.32 Å². The first-order valence-electron chi connectivity index (χ1n) is 15.6. The Labute approximate surface area is 291 Å². The van der Waals surface area contributed by atoms with Crippen LogP contribution in [0.3, 0.4) is 0 Å². The van der Waals surface area contributed by atoms with Crippen LogP contribution in [-0.2, 0) is 32.6 Å². The van der Waals surface area contributed by atoms with Crippen molar-refractivity contribution in [3.63, 3.8) is 0 Å². The van der Waals surface area contributed by atoms with Gasteiger partial charge in [0.25, 0.3) is 15.7 Å². The molecule has 0 bridgehead atoms. The maximum atomic E-state index is 14.7. The molecule has 1 atom stereocenters. The van der Waals surface area contributed by atoms with Gasteiger partial charge in [-0.1, -0.05) is 84.8 Å². The normalized spacial score (nSPS) is 11.8. The first-order valence-corrected chi connectivity index (χ1v) is 17.5. The van der Waals surface area contributed by atoms with Crippen LogP contribution < -0.4 is 14.4 Å². The molecule has 0 aromatic heterocycles. The van der Waals surface area contributed by atoms with Gasteiger partial charge in [0.15, 0.2) is 0 Å². The first-order chi connectivity index (χ1) is 23.3. The van der Waals surface area contributed by atoms with Crippen LogP contribution in [0.5, 0.6) is 5.75 Å². The summed E-state index contributed by atoms with van der Waals surface area (Å²) in [5.74, 6) is -0.994. The third-order valence-electron chi connectivity index (χ3n) is 7.91. The third kappa shape index (κ3) is 9.15. The summed E-state index contributed by atoms with van der Waals surface area (Å²) in [6.07, 6.45) is 0.824. The molecule has 4 aromatic carbocycles. The lowest BCUT2D eigenvalue weighted by Crippen LogP contribution is -2.53. The number of rotatable bonds is 15. The molecule has 13 heteroatoms. The third-order valence-corrected chi connectivity index (χ3v) is 9.90. The minimum absolute atomic E-state index is 0.00582. The number of hydrogen-bond donors (Lipinski definition) is 1. The van der Waals surface area contributed by atoms with Crippen LogP contribution in [-0.4, -0.2) is 56.3 Å². The van der Waals surface area contributed by atoms with E-state index in [-0.39, 0.29) is 35.0 Å². The number of methoxy groups -OCH3 is 1. The SMILES string of the molecule is CCCNC(=O)C(Cc1ccccc1)N(Cc1cccc(C)c1)C(=O)CN(c1cc(Cl)ccc1OC)S(=O)(=O)c1ccc(C)c([N+](=O)[O-])c1. The lowest BCUT2D eigenvalue weighted by atomic mass is 10.0. The van der Waals surface area contributed by atoms with Gasteiger partial charge in [0.1, 0.15) is 18.3 Å². The van der Waals surface area contributed by atoms with Gasteiger partial charge in [-0.25, -0.2) is 8.42 Å². The van der Waals surface area contributed by atoms with Crippen molar-refractivity contribution < 1.29 is 27.7 Å². The summed E-state index contributed by atoms with van der Waals surface area (Å²) >= 11 is 6.34. The van der Waals surface area contributed by atoms with Crippen molar-refractivity contribution in [3.8, 4) is 5.75 Å². The molecule has 4 aromatic rings. The molecular formula is C36H39ClN4O7S. The second-order valence-corrected chi connectivity index (χ2v) is 13.8. The van der Waals surface area contributed by atoms with E-state index < -0.39 is 49.9 Å². The predicted octanol–water partition coefficient (Wildman–Crippen LogP) is 6.24. The van der Waals surface area contributed by atoms with E-state index in [0.29, 0.717) is 13.0 Å². The Morgan fingerprint density at radius 1 is 0.959 bits per heavy atom. The molecule has 49 heavy (non-hydrogen) atoms. The van der Waals surface area contributed by atoms with Gasteiger partial charge in [-0.05, 0) is 55.7 Å². The van der Waals surface area contributed by atoms with Crippen molar-refractivity contribution in [1.29, 1.82) is 0 Å². The van der Waals surface area contributed by atoms with Gasteiger partial charge in [0.05, 0.1) is 22.6 Å². The van der Waals surface area contributed by atoms with Crippen LogP contribution in [0, 0.1) is 24.0 Å². The smallest absolute Gasteiger partial charge is 0.273 e. The number of nitrogens with one attached hydrogen (secondary N) is 1. The van der Waals surface area contributed by atoms with Crippen LogP contribution in [0.1, 0.15) is 35.6 Å². The summed E-state index contributed by atoms with van der Waals surface area (Å²) in [5.41, 5.74) is 2.28. The molecule has 258 valence electrons. The second-order valence-electron chi connectivity index (χ2n) is 11.5. The summed E-state index contributed by atoms with van der Waals surface area (Å²) < 4.78 is 35.2. The molecule has 0 radical (unpaired) electrons. The Kier molecular flexibility index (Phi) is 12.4. The number of nitro groups is 1. The molecular weight excluding hydrogens is 668 g/mol. The summed E-state index contributed by atoms with van der Waals surface area (Å²) in [5, 5.41) is 14.8. The number of anilines is 1. The minimum atomic E-state index is -4.66. The summed E-state index contributed by atoms with van der Waals surface area (Å²) in [7, 11) is -3.32. The van der Waals surface area contributed by atoms with Crippen molar-refractivity contribution in [3.05, 3.63) is 128 Å². The summed E-state index contributed by atoms with van der Waals surface area (Å²) in [4.78, 5) is 40.6. The van der Waals surface area contributed by atoms with E-state index >= 15 is 0 Å². The number of hydrogen-bond acceptors (Lipinski definition) is 7. The summed E-state index contributed by atoms with van der Waals surface area (Å²) in [6, 6.07) is 23.5. The number of halogens is 1. The van der Waals surface area contributed by atoms with Gasteiger partial charge in [0, 0.05) is 36.2 Å². The number of sulfonamides is 1. The van der Waals surface area contributed by atoms with Gasteiger partial charge in [-0.15, -0.1) is 0 Å². The lowest BCUT2D eigenvalue weighted by Gasteiger charge is -2.34. The number of benzene rings is 4. The van der Waals surface area contributed by atoms with E-state index in [1.165, 1.54) is 49.3 Å². The second kappa shape index (κ2) is 16.4. The van der Waals surface area contributed by atoms with E-state index in [1.807, 2.05) is 68.4 Å². The van der Waals surface area contributed by atoms with Crippen molar-refractivity contribution in [2.24, 2.45) is 0 Å². The fourth-order valence-corrected chi connectivity index (χ4v) is 6.98. The molecule has 0 spiro atoms. The monoisotopic (exact) mass is 706 g/mol. The number of carbonyl (C=O) groups is 2. The largest absolute Gasteiger partial charge is 0.495 e. The van der Waals surface area contributed by atoms with Gasteiger partial charge in [-0.2, -0.15) is 0 Å². The highest BCUT2D eigenvalue weighted by molar-refractivity contribution is 7.92. The molecule has 2 amide bonds. The average Bonchev–Trinajstić information content (AvgIpc) is 3.07. The molecule has 0 saturated carbocycles. The van der Waals surface area contributed by atoms with Crippen molar-refractivity contribution in [1.82, 2.24) is 10.2 Å². The maximum Gasteiger partial charge on any atom is 0.273 e. The molecule has 0 aliphatic carbocycles. The Morgan fingerprint density at radius 3 is 2.33 bits per heavy atom. The van der Waals surface area contributed by atoms with Crippen molar-refractivity contribution >= 4 is 44.8 Å². The maximum absolute atomic E-state index is 14.7. The standard InChI is InChI=1S/C36H39ClN4O7S/c1-5-18-38-36(43)33(20-27-11-7-6-8-12-27)39(23-28-13-9-10-25(2)19-28)35(42)24-40(32-21-29(37)15-17-34(32)48-4)49(46,47)30-16-14-26(3)31(22-30)41(44)45/h6-17,19,21-22,33H,5,18,20,23-24H2,1-4H3,(H,38,43). The van der Waals surface area contributed by atoms with E-state index in [0.717, 1.165) is 27.1 Å². The number of aryl methyl sites for hydroxylation is 2. The highest BCUT2D eigenvalue weighted by Crippen LogP contribution is 2.36. The quantitative estimate of drug-likeness (QED) is 0.114. The Hall–Kier alpha value is -4.94. The van der Waals surface area contributed by atoms with Crippen LogP contribution >= 0.6 is 11.6 Å². The van der Waals surface area contributed by atoms with Crippen molar-refractivity contribution in [2.75, 3.05) is 24.5 Å². The van der Waals surface area contributed by atoms with Crippen molar-refractivity contribution in [2.45, 2.75) is 51.1 Å². The van der Waals surface area contributed by atoms with E-state index in [1.54, 1.807) is 0 Å². The Morgan fingerprint density at radius 2 is 1.67 bits per heavy atom. The molecule has 0 saturated heterocycles. The van der Waals surface area contributed by atoms with Gasteiger partial charge in [0.2, 0.25) is 11.8 Å². The molecule has 0 fully saturated rings. The van der Waals surface area contributed by atoms with Crippen LogP contribution in [0.15, 0.2) is 95.9 Å². The molecule has 1 unspecified atom stereocenters. The lowest BCUT2D eigenvalue weighted by molar-refractivity contribution is -0.385. The Bertz CT molecular complexity index is 1920. The number of amides is 2. The molecule has 0 heterocycles. The molecule has 0 aliphatic heterocycles. The average molecular weight is 707 g/mol. The van der Waals surface area contributed by atoms with Gasteiger partial charge >= 0.3 is 0 Å². The Balaban J connectivity index is 1.89. The first kappa shape index (κ1) is 36.9. The van der Waals surface area contributed by atoms with E-state index in [4.69, 9.17) is 16.3 Å².